The lowest BCUT2D eigenvalue weighted by molar-refractivity contribution is 0.0693. The summed E-state index contributed by atoms with van der Waals surface area (Å²) in [5.74, 6) is -1.46. The molecule has 0 saturated carbocycles. The SMILES string of the molecule is CC1(C)/C(=C\c2cccc(C(=O)O)c2O)N(CCO)c2ccc(Cl)cc21. The maximum Gasteiger partial charge on any atom is 0.339 e. The summed E-state index contributed by atoms with van der Waals surface area (Å²) >= 11 is 6.17. The minimum Gasteiger partial charge on any atom is -0.506 e. The third kappa shape index (κ3) is 2.93. The standard InChI is InChI=1S/C20H20ClNO4/c1-20(2)15-11-13(21)6-7-16(15)22(8-9-23)17(20)10-12-4-3-5-14(18(12)24)19(25)26/h3-7,10-11,23-24H,8-9H2,1-2H3,(H,25,26)/b17-10+. The van der Waals surface area contributed by atoms with E-state index >= 15 is 0 Å². The van der Waals surface area contributed by atoms with Gasteiger partial charge in [-0.1, -0.05) is 37.6 Å². The van der Waals surface area contributed by atoms with E-state index < -0.39 is 11.4 Å². The van der Waals surface area contributed by atoms with Crippen LogP contribution in [0.3, 0.4) is 0 Å². The highest BCUT2D eigenvalue weighted by Crippen LogP contribution is 2.49. The first-order valence-corrected chi connectivity index (χ1v) is 8.61. The summed E-state index contributed by atoms with van der Waals surface area (Å²) in [6, 6.07) is 10.2. The van der Waals surface area contributed by atoms with Crippen molar-refractivity contribution in [1.29, 1.82) is 0 Å². The smallest absolute Gasteiger partial charge is 0.339 e. The van der Waals surface area contributed by atoms with E-state index in [2.05, 4.69) is 0 Å². The molecule has 3 N–H and O–H groups in total. The maximum atomic E-state index is 11.3. The minimum atomic E-state index is -1.18. The Balaban J connectivity index is 2.19. The number of aliphatic hydroxyl groups excluding tert-OH is 1. The van der Waals surface area contributed by atoms with Crippen molar-refractivity contribution in [2.75, 3.05) is 18.1 Å². The number of nitrogens with zero attached hydrogens (tertiary/aromatic N) is 1. The van der Waals surface area contributed by atoms with E-state index in [0.717, 1.165) is 16.9 Å². The number of anilines is 1. The van der Waals surface area contributed by atoms with Crippen molar-refractivity contribution in [2.45, 2.75) is 19.3 Å². The highest BCUT2D eigenvalue weighted by molar-refractivity contribution is 6.30. The van der Waals surface area contributed by atoms with Crippen molar-refractivity contribution >= 4 is 29.3 Å². The van der Waals surface area contributed by atoms with Crippen LogP contribution in [0.2, 0.25) is 5.02 Å². The zero-order valence-corrected chi connectivity index (χ0v) is 15.3. The number of hydrogen-bond donors (Lipinski definition) is 3. The van der Waals surface area contributed by atoms with Crippen LogP contribution in [0.4, 0.5) is 5.69 Å². The summed E-state index contributed by atoms with van der Waals surface area (Å²) in [7, 11) is 0. The number of halogens is 1. The number of phenols is 1. The average Bonchev–Trinajstić information content (AvgIpc) is 2.77. The van der Waals surface area contributed by atoms with Crippen LogP contribution in [0, 0.1) is 0 Å². The Bertz CT molecular complexity index is 905. The number of rotatable bonds is 4. The molecule has 0 fully saturated rings. The Morgan fingerprint density at radius 1 is 1.27 bits per heavy atom. The molecule has 0 radical (unpaired) electrons. The zero-order valence-electron chi connectivity index (χ0n) is 14.5. The van der Waals surface area contributed by atoms with Crippen LogP contribution in [0.5, 0.6) is 5.75 Å². The van der Waals surface area contributed by atoms with Crippen LogP contribution in [0.15, 0.2) is 42.1 Å². The number of benzene rings is 2. The summed E-state index contributed by atoms with van der Waals surface area (Å²) in [6.07, 6.45) is 1.77. The van der Waals surface area contributed by atoms with Gasteiger partial charge in [0.25, 0.3) is 0 Å². The van der Waals surface area contributed by atoms with Gasteiger partial charge in [0.1, 0.15) is 11.3 Å². The van der Waals surface area contributed by atoms with Crippen molar-refractivity contribution in [3.63, 3.8) is 0 Å². The molecule has 0 atom stereocenters. The van der Waals surface area contributed by atoms with Gasteiger partial charge in [0.05, 0.1) is 6.61 Å². The summed E-state index contributed by atoms with van der Waals surface area (Å²) in [4.78, 5) is 13.3. The van der Waals surface area contributed by atoms with E-state index in [4.69, 9.17) is 11.6 Å². The number of fused-ring (bicyclic) bond motifs is 1. The van der Waals surface area contributed by atoms with Crippen LogP contribution < -0.4 is 4.90 Å². The summed E-state index contributed by atoms with van der Waals surface area (Å²) < 4.78 is 0. The Morgan fingerprint density at radius 3 is 2.65 bits per heavy atom. The Morgan fingerprint density at radius 2 is 2.00 bits per heavy atom. The van der Waals surface area contributed by atoms with Crippen molar-refractivity contribution in [3.05, 3.63) is 63.8 Å². The van der Waals surface area contributed by atoms with Gasteiger partial charge in [-0.25, -0.2) is 4.79 Å². The second-order valence-corrected chi connectivity index (χ2v) is 7.18. The van der Waals surface area contributed by atoms with E-state index in [9.17, 15) is 20.1 Å². The molecule has 3 rings (SSSR count). The molecular weight excluding hydrogens is 354 g/mol. The van der Waals surface area contributed by atoms with Gasteiger partial charge in [0.15, 0.2) is 0 Å². The monoisotopic (exact) mass is 373 g/mol. The summed E-state index contributed by atoms with van der Waals surface area (Å²) in [5.41, 5.74) is 2.63. The number of aromatic carboxylic acids is 1. The van der Waals surface area contributed by atoms with Gasteiger partial charge in [-0.2, -0.15) is 0 Å². The number of carbonyl (C=O) groups is 1. The van der Waals surface area contributed by atoms with Gasteiger partial charge in [0, 0.05) is 33.9 Å². The molecule has 1 heterocycles. The molecule has 0 aromatic heterocycles. The predicted octanol–water partition coefficient (Wildman–Crippen LogP) is 3.87. The molecule has 0 spiro atoms. The summed E-state index contributed by atoms with van der Waals surface area (Å²) in [5, 5.41) is 29.7. The van der Waals surface area contributed by atoms with E-state index in [1.54, 1.807) is 24.3 Å². The number of carboxylic acids is 1. The normalized spacial score (nSPS) is 16.8. The lowest BCUT2D eigenvalue weighted by Crippen LogP contribution is -2.28. The molecular formula is C20H20ClNO4. The van der Waals surface area contributed by atoms with Gasteiger partial charge in [-0.3, -0.25) is 0 Å². The topological polar surface area (TPSA) is 81.0 Å². The van der Waals surface area contributed by atoms with Gasteiger partial charge in [-0.15, -0.1) is 0 Å². The quantitative estimate of drug-likeness (QED) is 0.757. The first kappa shape index (κ1) is 18.3. The largest absolute Gasteiger partial charge is 0.506 e. The minimum absolute atomic E-state index is 0.0450. The Kier molecular flexibility index (Phi) is 4.69. The fraction of sp³-hybridized carbons (Fsp3) is 0.250. The van der Waals surface area contributed by atoms with Gasteiger partial charge < -0.3 is 20.2 Å². The van der Waals surface area contributed by atoms with Crippen molar-refractivity contribution in [1.82, 2.24) is 0 Å². The molecule has 5 nitrogen and oxygen atoms in total. The van der Waals surface area contributed by atoms with E-state index in [-0.39, 0.29) is 17.9 Å². The van der Waals surface area contributed by atoms with Crippen LogP contribution >= 0.6 is 11.6 Å². The third-order valence-corrected chi connectivity index (χ3v) is 5.00. The first-order valence-electron chi connectivity index (χ1n) is 8.23. The molecule has 0 saturated heterocycles. The number of para-hydroxylation sites is 1. The van der Waals surface area contributed by atoms with Crippen LogP contribution in [0.25, 0.3) is 6.08 Å². The molecule has 6 heteroatoms. The molecule has 2 aromatic rings. The highest BCUT2D eigenvalue weighted by Gasteiger charge is 2.40. The second kappa shape index (κ2) is 6.67. The average molecular weight is 374 g/mol. The van der Waals surface area contributed by atoms with Crippen LogP contribution in [-0.2, 0) is 5.41 Å². The van der Waals surface area contributed by atoms with Gasteiger partial charge in [-0.05, 0) is 35.9 Å². The number of carboxylic acid groups (broad SMARTS) is 1. The number of aliphatic hydroxyl groups is 1. The summed E-state index contributed by atoms with van der Waals surface area (Å²) in [6.45, 7) is 4.40. The molecule has 0 unspecified atom stereocenters. The highest BCUT2D eigenvalue weighted by atomic mass is 35.5. The van der Waals surface area contributed by atoms with Crippen molar-refractivity contribution < 1.29 is 20.1 Å². The van der Waals surface area contributed by atoms with Crippen LogP contribution in [-0.4, -0.2) is 34.4 Å². The Hall–Kier alpha value is -2.50. The molecule has 0 aliphatic carbocycles. The van der Waals surface area contributed by atoms with Crippen LogP contribution in [0.1, 0.15) is 35.3 Å². The fourth-order valence-corrected chi connectivity index (χ4v) is 3.62. The molecule has 0 bridgehead atoms. The lowest BCUT2D eigenvalue weighted by atomic mass is 9.83. The van der Waals surface area contributed by atoms with E-state index in [0.29, 0.717) is 17.1 Å². The fourth-order valence-electron chi connectivity index (χ4n) is 3.45. The second-order valence-electron chi connectivity index (χ2n) is 6.74. The van der Waals surface area contributed by atoms with E-state index in [1.807, 2.05) is 30.9 Å². The molecule has 136 valence electrons. The number of β-amino-alcohol motifs (C(OH)–C–C–N with tert-alkyl or cyclic N) is 1. The molecule has 1 aliphatic heterocycles. The zero-order chi connectivity index (χ0) is 19.1. The molecule has 0 amide bonds. The lowest BCUT2D eigenvalue weighted by Gasteiger charge is -2.27. The Labute approximate surface area is 156 Å². The van der Waals surface area contributed by atoms with Gasteiger partial charge >= 0.3 is 5.97 Å². The molecule has 26 heavy (non-hydrogen) atoms. The number of aromatic hydroxyl groups is 1. The van der Waals surface area contributed by atoms with Crippen molar-refractivity contribution in [3.8, 4) is 5.75 Å². The van der Waals surface area contributed by atoms with E-state index in [1.165, 1.54) is 6.07 Å². The van der Waals surface area contributed by atoms with Crippen molar-refractivity contribution in [2.24, 2.45) is 0 Å². The third-order valence-electron chi connectivity index (χ3n) is 4.77. The predicted molar refractivity (Wildman–Crippen MR) is 102 cm³/mol. The number of hydrogen-bond acceptors (Lipinski definition) is 4. The molecule has 2 aromatic carbocycles. The number of allylic oxidation sites excluding steroid dienone is 1. The molecule has 1 aliphatic rings. The first-order chi connectivity index (χ1) is 12.3. The maximum absolute atomic E-state index is 11.3. The van der Waals surface area contributed by atoms with Gasteiger partial charge in [0.2, 0.25) is 0 Å².